The highest BCUT2D eigenvalue weighted by Crippen LogP contribution is 2.37. The third-order valence-corrected chi connectivity index (χ3v) is 4.72. The smallest absolute Gasteiger partial charge is 0.236 e. The summed E-state index contributed by atoms with van der Waals surface area (Å²) in [6.07, 6.45) is 0.840. The quantitative estimate of drug-likeness (QED) is 0.587. The average Bonchev–Trinajstić information content (AvgIpc) is 2.86. The zero-order valence-electron chi connectivity index (χ0n) is 11.0. The second kappa shape index (κ2) is 7.31. The second-order valence-corrected chi connectivity index (χ2v) is 6.52. The topological polar surface area (TPSA) is 29.5 Å². The molecule has 1 heterocycles. The molecule has 1 amide bonds. The van der Waals surface area contributed by atoms with Crippen molar-refractivity contribution in [1.82, 2.24) is 4.90 Å². The van der Waals surface area contributed by atoms with Gasteiger partial charge in [-0.1, -0.05) is 34.1 Å². The Morgan fingerprint density at radius 1 is 1.47 bits per heavy atom. The molecular formula is C14H18BrNO2S. The number of likely N-dealkylation sites (N-methyl/N-ethyl adjacent to an activating group) is 1. The number of carbonyl (C=O) groups excluding carboxylic acids is 1. The van der Waals surface area contributed by atoms with Crippen molar-refractivity contribution in [3.05, 3.63) is 29.8 Å². The Balaban J connectivity index is 1.81. The molecule has 1 aliphatic heterocycles. The number of thioether (sulfide) groups is 1. The maximum Gasteiger partial charge on any atom is 0.236 e. The first-order valence-electron chi connectivity index (χ1n) is 6.35. The molecule has 1 aromatic rings. The molecule has 5 heteroatoms. The van der Waals surface area contributed by atoms with E-state index in [4.69, 9.17) is 4.74 Å². The lowest BCUT2D eigenvalue weighted by atomic mass is 10.1. The molecule has 3 nitrogen and oxygen atoms in total. The Labute approximate surface area is 126 Å². The largest absolute Gasteiger partial charge is 0.379 e. The number of nitrogens with zero attached hydrogens (tertiary/aromatic N) is 1. The van der Waals surface area contributed by atoms with Crippen LogP contribution in [-0.4, -0.2) is 48.2 Å². The molecule has 19 heavy (non-hydrogen) atoms. The van der Waals surface area contributed by atoms with Crippen LogP contribution in [0.15, 0.2) is 29.2 Å². The fourth-order valence-corrected chi connectivity index (χ4v) is 3.57. The summed E-state index contributed by atoms with van der Waals surface area (Å²) in [5.74, 6) is 0.198. The van der Waals surface area contributed by atoms with E-state index in [1.165, 1.54) is 10.5 Å². The minimum absolute atomic E-state index is 0.0265. The van der Waals surface area contributed by atoms with Crippen molar-refractivity contribution in [2.24, 2.45) is 0 Å². The van der Waals surface area contributed by atoms with Gasteiger partial charge in [-0.2, -0.15) is 0 Å². The van der Waals surface area contributed by atoms with E-state index in [2.05, 4.69) is 28.1 Å². The zero-order valence-corrected chi connectivity index (χ0v) is 13.4. The van der Waals surface area contributed by atoms with Crippen LogP contribution in [0, 0.1) is 0 Å². The van der Waals surface area contributed by atoms with Gasteiger partial charge in [0.25, 0.3) is 0 Å². The highest BCUT2D eigenvalue weighted by Gasteiger charge is 2.29. The molecule has 0 aliphatic carbocycles. The van der Waals surface area contributed by atoms with Crippen LogP contribution in [0.2, 0.25) is 0 Å². The minimum Gasteiger partial charge on any atom is -0.379 e. The number of carbonyl (C=O) groups is 1. The predicted molar refractivity (Wildman–Crippen MR) is 82.0 cm³/mol. The molecule has 104 valence electrons. The molecule has 1 aliphatic rings. The van der Waals surface area contributed by atoms with E-state index in [-0.39, 0.29) is 11.2 Å². The zero-order chi connectivity index (χ0) is 13.7. The Kier molecular flexibility index (Phi) is 5.73. The molecule has 0 saturated carbocycles. The van der Waals surface area contributed by atoms with Gasteiger partial charge in [-0.15, -0.1) is 11.8 Å². The van der Waals surface area contributed by atoms with Gasteiger partial charge in [-0.05, 0) is 18.1 Å². The lowest BCUT2D eigenvalue weighted by molar-refractivity contribution is -0.129. The summed E-state index contributed by atoms with van der Waals surface area (Å²) >= 11 is 4.98. The maximum absolute atomic E-state index is 12.3. The molecule has 0 aromatic heterocycles. The van der Waals surface area contributed by atoms with E-state index < -0.39 is 0 Å². The number of halogens is 1. The Morgan fingerprint density at radius 2 is 2.26 bits per heavy atom. The summed E-state index contributed by atoms with van der Waals surface area (Å²) in [4.78, 5) is 15.3. The van der Waals surface area contributed by atoms with Crippen LogP contribution < -0.4 is 0 Å². The van der Waals surface area contributed by atoms with Crippen molar-refractivity contribution < 1.29 is 9.53 Å². The Hall–Kier alpha value is -0.520. The first-order valence-corrected chi connectivity index (χ1v) is 8.35. The van der Waals surface area contributed by atoms with Crippen molar-refractivity contribution in [1.29, 1.82) is 0 Å². The first-order chi connectivity index (χ1) is 9.22. The number of fused-ring (bicyclic) bond motifs is 1. The number of rotatable bonds is 6. The Bertz CT molecular complexity index is 416. The molecule has 0 spiro atoms. The lowest BCUT2D eigenvalue weighted by Crippen LogP contribution is -2.36. The summed E-state index contributed by atoms with van der Waals surface area (Å²) in [7, 11) is 1.85. The predicted octanol–water partition coefficient (Wildman–Crippen LogP) is 2.57. The fraction of sp³-hybridized carbons (Fsp3) is 0.500. The van der Waals surface area contributed by atoms with Crippen molar-refractivity contribution in [3.63, 3.8) is 0 Å². The third kappa shape index (κ3) is 3.97. The fourth-order valence-electron chi connectivity index (χ4n) is 2.03. The van der Waals surface area contributed by atoms with Gasteiger partial charge in [0.15, 0.2) is 0 Å². The van der Waals surface area contributed by atoms with E-state index in [9.17, 15) is 4.79 Å². The normalized spacial score (nSPS) is 17.3. The molecule has 1 unspecified atom stereocenters. The summed E-state index contributed by atoms with van der Waals surface area (Å²) in [5, 5.41) is 0.858. The highest BCUT2D eigenvalue weighted by molar-refractivity contribution is 9.09. The van der Waals surface area contributed by atoms with Crippen LogP contribution >= 0.6 is 27.7 Å². The molecule has 0 bridgehead atoms. The standard InChI is InChI=1S/C14H18BrNO2S/c1-16(7-9-18-8-6-15)14(17)13-10-11-4-2-3-5-12(11)19-13/h2-5,13H,6-10H2,1H3. The number of benzene rings is 1. The molecular weight excluding hydrogens is 326 g/mol. The van der Waals surface area contributed by atoms with Gasteiger partial charge in [0.2, 0.25) is 5.91 Å². The van der Waals surface area contributed by atoms with Gasteiger partial charge in [0.1, 0.15) is 0 Å². The minimum atomic E-state index is 0.0265. The Morgan fingerprint density at radius 3 is 3.00 bits per heavy atom. The molecule has 1 atom stereocenters. The summed E-state index contributed by atoms with van der Waals surface area (Å²) in [5.41, 5.74) is 1.29. The van der Waals surface area contributed by atoms with E-state index in [0.717, 1.165) is 11.8 Å². The first kappa shape index (κ1) is 14.9. The van der Waals surface area contributed by atoms with Crippen LogP contribution in [-0.2, 0) is 16.0 Å². The second-order valence-electron chi connectivity index (χ2n) is 4.48. The molecule has 1 aromatic carbocycles. The molecule has 0 radical (unpaired) electrons. The monoisotopic (exact) mass is 343 g/mol. The van der Waals surface area contributed by atoms with Gasteiger partial charge >= 0.3 is 0 Å². The number of hydrogen-bond donors (Lipinski definition) is 0. The van der Waals surface area contributed by atoms with Crippen molar-refractivity contribution in [3.8, 4) is 0 Å². The highest BCUT2D eigenvalue weighted by atomic mass is 79.9. The summed E-state index contributed by atoms with van der Waals surface area (Å²) < 4.78 is 5.38. The van der Waals surface area contributed by atoms with Crippen molar-refractivity contribution in [2.45, 2.75) is 16.6 Å². The SMILES string of the molecule is CN(CCOCCBr)C(=O)C1Cc2ccccc2S1. The molecule has 2 rings (SSSR count). The molecule has 0 saturated heterocycles. The van der Waals surface area contributed by atoms with Crippen LogP contribution in [0.5, 0.6) is 0 Å². The van der Waals surface area contributed by atoms with E-state index in [0.29, 0.717) is 19.8 Å². The van der Waals surface area contributed by atoms with Crippen molar-refractivity contribution >= 4 is 33.6 Å². The van der Waals surface area contributed by atoms with Gasteiger partial charge in [-0.3, -0.25) is 4.79 Å². The van der Waals surface area contributed by atoms with Gasteiger partial charge < -0.3 is 9.64 Å². The number of hydrogen-bond acceptors (Lipinski definition) is 3. The third-order valence-electron chi connectivity index (χ3n) is 3.09. The molecule has 0 N–H and O–H groups in total. The maximum atomic E-state index is 12.3. The van der Waals surface area contributed by atoms with E-state index >= 15 is 0 Å². The van der Waals surface area contributed by atoms with E-state index in [1.54, 1.807) is 16.7 Å². The molecule has 0 fully saturated rings. The van der Waals surface area contributed by atoms with Crippen molar-refractivity contribution in [2.75, 3.05) is 32.1 Å². The lowest BCUT2D eigenvalue weighted by Gasteiger charge is -2.20. The average molecular weight is 344 g/mol. The van der Waals surface area contributed by atoms with Gasteiger partial charge in [0, 0.05) is 23.8 Å². The summed E-state index contributed by atoms with van der Waals surface area (Å²) in [6.45, 7) is 1.93. The van der Waals surface area contributed by atoms with Gasteiger partial charge in [0.05, 0.1) is 18.5 Å². The van der Waals surface area contributed by atoms with Crippen LogP contribution in [0.3, 0.4) is 0 Å². The van der Waals surface area contributed by atoms with Crippen LogP contribution in [0.25, 0.3) is 0 Å². The number of alkyl halides is 1. The van der Waals surface area contributed by atoms with Crippen LogP contribution in [0.1, 0.15) is 5.56 Å². The number of ether oxygens (including phenoxy) is 1. The number of amides is 1. The van der Waals surface area contributed by atoms with Crippen LogP contribution in [0.4, 0.5) is 0 Å². The summed E-state index contributed by atoms with van der Waals surface area (Å²) in [6, 6.07) is 8.25. The van der Waals surface area contributed by atoms with E-state index in [1.807, 2.05) is 19.2 Å². The van der Waals surface area contributed by atoms with Gasteiger partial charge in [-0.25, -0.2) is 0 Å².